The Kier molecular flexibility index (Phi) is 5.01. The van der Waals surface area contributed by atoms with E-state index in [1.54, 1.807) is 0 Å². The second kappa shape index (κ2) is 6.53. The van der Waals surface area contributed by atoms with E-state index in [2.05, 4.69) is 5.32 Å². The molecule has 1 aromatic rings. The Morgan fingerprint density at radius 2 is 2.11 bits per heavy atom. The van der Waals surface area contributed by atoms with Gasteiger partial charge in [0.25, 0.3) is 0 Å². The van der Waals surface area contributed by atoms with Crippen LogP contribution in [0.25, 0.3) is 0 Å². The molecule has 4 heteroatoms. The molecule has 1 aliphatic heterocycles. The van der Waals surface area contributed by atoms with Crippen LogP contribution in [0, 0.1) is 17.6 Å². The molecule has 0 aliphatic carbocycles. The minimum absolute atomic E-state index is 0.177. The molecule has 1 aliphatic rings. The van der Waals surface area contributed by atoms with E-state index in [-0.39, 0.29) is 11.6 Å². The summed E-state index contributed by atoms with van der Waals surface area (Å²) < 4.78 is 27.3. The number of likely N-dealkylation sites (N-methyl/N-ethyl adjacent to an activating group) is 1. The standard InChI is InChI=1S/C14H19F2NS/c1-2-17-14(10-6-7-18-9-10)8-11-12(15)4-3-5-13(11)16/h3-5,10,14,17H,2,6-9H2,1H3. The summed E-state index contributed by atoms with van der Waals surface area (Å²) in [5.41, 5.74) is 0.223. The number of halogens is 2. The Morgan fingerprint density at radius 1 is 1.39 bits per heavy atom. The number of hydrogen-bond donors (Lipinski definition) is 1. The van der Waals surface area contributed by atoms with Gasteiger partial charge in [-0.25, -0.2) is 8.78 Å². The molecule has 0 radical (unpaired) electrons. The lowest BCUT2D eigenvalue weighted by molar-refractivity contribution is 0.377. The van der Waals surface area contributed by atoms with Crippen LogP contribution in [0.3, 0.4) is 0 Å². The van der Waals surface area contributed by atoms with E-state index >= 15 is 0 Å². The maximum absolute atomic E-state index is 13.7. The summed E-state index contributed by atoms with van der Waals surface area (Å²) in [6, 6.07) is 4.27. The maximum atomic E-state index is 13.7. The fourth-order valence-electron chi connectivity index (χ4n) is 2.49. The maximum Gasteiger partial charge on any atom is 0.129 e. The van der Waals surface area contributed by atoms with Crippen molar-refractivity contribution in [2.75, 3.05) is 18.1 Å². The number of nitrogens with one attached hydrogen (secondary N) is 1. The van der Waals surface area contributed by atoms with Gasteiger partial charge in [-0.05, 0) is 48.9 Å². The van der Waals surface area contributed by atoms with Gasteiger partial charge in [0.2, 0.25) is 0 Å². The van der Waals surface area contributed by atoms with Gasteiger partial charge in [-0.2, -0.15) is 11.8 Å². The zero-order valence-electron chi connectivity index (χ0n) is 10.6. The Morgan fingerprint density at radius 3 is 2.67 bits per heavy atom. The van der Waals surface area contributed by atoms with Crippen LogP contribution in [0.15, 0.2) is 18.2 Å². The van der Waals surface area contributed by atoms with E-state index < -0.39 is 11.6 Å². The van der Waals surface area contributed by atoms with E-state index in [9.17, 15) is 8.78 Å². The van der Waals surface area contributed by atoms with Crippen LogP contribution < -0.4 is 5.32 Å². The molecule has 0 bridgehead atoms. The highest BCUT2D eigenvalue weighted by Crippen LogP contribution is 2.28. The second-order valence-electron chi connectivity index (χ2n) is 4.69. The van der Waals surface area contributed by atoms with Crippen LogP contribution in [-0.2, 0) is 6.42 Å². The zero-order chi connectivity index (χ0) is 13.0. The molecule has 0 saturated carbocycles. The summed E-state index contributed by atoms with van der Waals surface area (Å²) in [6.45, 7) is 2.87. The predicted molar refractivity (Wildman–Crippen MR) is 73.0 cm³/mol. The first kappa shape index (κ1) is 13.8. The highest BCUT2D eigenvalue weighted by atomic mass is 32.2. The van der Waals surface area contributed by atoms with Crippen molar-refractivity contribution in [1.29, 1.82) is 0 Å². The Balaban J connectivity index is 2.12. The van der Waals surface area contributed by atoms with Crippen molar-refractivity contribution in [2.24, 2.45) is 5.92 Å². The van der Waals surface area contributed by atoms with Crippen molar-refractivity contribution in [3.8, 4) is 0 Å². The first-order valence-corrected chi connectivity index (χ1v) is 7.61. The Labute approximate surface area is 111 Å². The predicted octanol–water partition coefficient (Wildman–Crippen LogP) is 3.24. The molecule has 0 aromatic heterocycles. The van der Waals surface area contributed by atoms with Crippen molar-refractivity contribution >= 4 is 11.8 Å². The summed E-state index contributed by atoms with van der Waals surface area (Å²) in [5, 5.41) is 3.38. The summed E-state index contributed by atoms with van der Waals surface area (Å²) in [4.78, 5) is 0. The third kappa shape index (κ3) is 3.23. The number of thioether (sulfide) groups is 1. The normalized spacial score (nSPS) is 21.2. The van der Waals surface area contributed by atoms with E-state index in [1.807, 2.05) is 18.7 Å². The average molecular weight is 271 g/mol. The highest BCUT2D eigenvalue weighted by Gasteiger charge is 2.26. The van der Waals surface area contributed by atoms with E-state index in [0.717, 1.165) is 24.5 Å². The summed E-state index contributed by atoms with van der Waals surface area (Å²) >= 11 is 1.93. The molecule has 2 atom stereocenters. The van der Waals surface area contributed by atoms with Crippen LogP contribution >= 0.6 is 11.8 Å². The average Bonchev–Trinajstić information content (AvgIpc) is 2.86. The molecule has 0 spiro atoms. The number of hydrogen-bond acceptors (Lipinski definition) is 2. The van der Waals surface area contributed by atoms with Crippen molar-refractivity contribution in [2.45, 2.75) is 25.8 Å². The van der Waals surface area contributed by atoms with Crippen LogP contribution in [-0.4, -0.2) is 24.1 Å². The molecule has 18 heavy (non-hydrogen) atoms. The quantitative estimate of drug-likeness (QED) is 0.882. The lowest BCUT2D eigenvalue weighted by Gasteiger charge is -2.24. The third-order valence-corrected chi connectivity index (χ3v) is 4.67. The lowest BCUT2D eigenvalue weighted by Crippen LogP contribution is -2.38. The van der Waals surface area contributed by atoms with E-state index in [0.29, 0.717) is 12.3 Å². The van der Waals surface area contributed by atoms with Gasteiger partial charge in [0, 0.05) is 11.6 Å². The largest absolute Gasteiger partial charge is 0.314 e. The molecule has 1 heterocycles. The molecule has 1 nitrogen and oxygen atoms in total. The lowest BCUT2D eigenvalue weighted by atomic mass is 9.92. The molecular weight excluding hydrogens is 252 g/mol. The second-order valence-corrected chi connectivity index (χ2v) is 5.84. The van der Waals surface area contributed by atoms with Crippen molar-refractivity contribution in [3.63, 3.8) is 0 Å². The van der Waals surface area contributed by atoms with Crippen LogP contribution in [0.5, 0.6) is 0 Å². The topological polar surface area (TPSA) is 12.0 Å². The fraction of sp³-hybridized carbons (Fsp3) is 0.571. The van der Waals surface area contributed by atoms with Gasteiger partial charge >= 0.3 is 0 Å². The summed E-state index contributed by atoms with van der Waals surface area (Å²) in [5.74, 6) is 1.92. The van der Waals surface area contributed by atoms with Gasteiger partial charge in [0.15, 0.2) is 0 Å². The van der Waals surface area contributed by atoms with Gasteiger partial charge in [0.1, 0.15) is 11.6 Å². The van der Waals surface area contributed by atoms with Crippen molar-refractivity contribution in [1.82, 2.24) is 5.32 Å². The monoisotopic (exact) mass is 271 g/mol. The molecule has 1 aromatic carbocycles. The first-order chi connectivity index (χ1) is 8.72. The molecular formula is C14H19F2NS. The van der Waals surface area contributed by atoms with Gasteiger partial charge in [-0.3, -0.25) is 0 Å². The molecule has 1 N–H and O–H groups in total. The van der Waals surface area contributed by atoms with Crippen LogP contribution in [0.4, 0.5) is 8.78 Å². The Bertz CT molecular complexity index is 371. The molecule has 1 fully saturated rings. The minimum atomic E-state index is -0.427. The summed E-state index contributed by atoms with van der Waals surface area (Å²) in [6.07, 6.45) is 1.58. The highest BCUT2D eigenvalue weighted by molar-refractivity contribution is 7.99. The van der Waals surface area contributed by atoms with Crippen LogP contribution in [0.2, 0.25) is 0 Å². The van der Waals surface area contributed by atoms with Gasteiger partial charge in [-0.1, -0.05) is 13.0 Å². The smallest absolute Gasteiger partial charge is 0.129 e. The third-order valence-electron chi connectivity index (χ3n) is 3.49. The molecule has 2 unspecified atom stereocenters. The zero-order valence-corrected chi connectivity index (χ0v) is 11.4. The van der Waals surface area contributed by atoms with Gasteiger partial charge in [0.05, 0.1) is 0 Å². The SMILES string of the molecule is CCNC(Cc1c(F)cccc1F)C1CCSC1. The van der Waals surface area contributed by atoms with Crippen molar-refractivity contribution < 1.29 is 8.78 Å². The van der Waals surface area contributed by atoms with E-state index in [4.69, 9.17) is 0 Å². The first-order valence-electron chi connectivity index (χ1n) is 6.46. The molecule has 100 valence electrons. The fourth-order valence-corrected chi connectivity index (χ4v) is 3.82. The van der Waals surface area contributed by atoms with Gasteiger partial charge in [-0.15, -0.1) is 0 Å². The molecule has 2 rings (SSSR count). The summed E-state index contributed by atoms with van der Waals surface area (Å²) in [7, 11) is 0. The minimum Gasteiger partial charge on any atom is -0.314 e. The molecule has 1 saturated heterocycles. The Hall–Kier alpha value is -0.610. The van der Waals surface area contributed by atoms with Crippen molar-refractivity contribution in [3.05, 3.63) is 35.4 Å². The number of benzene rings is 1. The van der Waals surface area contributed by atoms with E-state index in [1.165, 1.54) is 18.2 Å². The number of rotatable bonds is 5. The van der Waals surface area contributed by atoms with Gasteiger partial charge < -0.3 is 5.32 Å². The molecule has 0 amide bonds. The van der Waals surface area contributed by atoms with Crippen LogP contribution in [0.1, 0.15) is 18.9 Å².